The molecule has 4 rings (SSSR count). The van der Waals surface area contributed by atoms with Crippen molar-refractivity contribution >= 4 is 38.8 Å². The quantitative estimate of drug-likeness (QED) is 0.642. The van der Waals surface area contributed by atoms with Crippen molar-refractivity contribution < 1.29 is 0 Å². The maximum Gasteiger partial charge on any atom is 0.103 e. The lowest BCUT2D eigenvalue weighted by atomic mass is 10.1. The van der Waals surface area contributed by atoms with Gasteiger partial charge in [0.15, 0.2) is 0 Å². The minimum Gasteiger partial charge on any atom is -0.345 e. The average molecular weight is 239 g/mol. The molecule has 1 N–H and O–H groups in total. The number of aromatic nitrogens is 2. The lowest BCUT2D eigenvalue weighted by Gasteiger charge is -1.94. The van der Waals surface area contributed by atoms with Crippen LogP contribution in [0.25, 0.3) is 21.3 Å². The van der Waals surface area contributed by atoms with E-state index in [0.29, 0.717) is 0 Å². The van der Waals surface area contributed by atoms with E-state index in [1.165, 1.54) is 20.7 Å². The molecule has 0 fully saturated rings. The number of aromatic amines is 1. The molecule has 0 spiro atoms. The van der Waals surface area contributed by atoms with Gasteiger partial charge in [-0.3, -0.25) is 9.98 Å². The number of aliphatic imine (C=N–C) groups is 1. The second-order valence-electron chi connectivity index (χ2n) is 4.04. The highest BCUT2D eigenvalue weighted by atomic mass is 32.1. The zero-order valence-corrected chi connectivity index (χ0v) is 9.79. The van der Waals surface area contributed by atoms with Crippen LogP contribution in [0.3, 0.4) is 0 Å². The van der Waals surface area contributed by atoms with Crippen LogP contribution in [0.1, 0.15) is 10.4 Å². The lowest BCUT2D eigenvalue weighted by molar-refractivity contribution is 1.31. The molecule has 0 bridgehead atoms. The Balaban J connectivity index is 2.18. The predicted octanol–water partition coefficient (Wildman–Crippen LogP) is 3.27. The smallest absolute Gasteiger partial charge is 0.103 e. The Kier molecular flexibility index (Phi) is 1.76. The molecule has 4 heterocycles. The molecule has 17 heavy (non-hydrogen) atoms. The number of fused-ring (bicyclic) bond motifs is 5. The number of nitrogens with zero attached hydrogens (tertiary/aromatic N) is 2. The Morgan fingerprint density at radius 2 is 2.35 bits per heavy atom. The second kappa shape index (κ2) is 3.28. The number of rotatable bonds is 0. The molecule has 0 amide bonds. The fraction of sp³-hybridized carbons (Fsp3) is 0.0769. The number of thiophene rings is 1. The van der Waals surface area contributed by atoms with Gasteiger partial charge in [0.25, 0.3) is 0 Å². The van der Waals surface area contributed by atoms with Crippen LogP contribution in [0, 0.1) is 0 Å². The molecular weight excluding hydrogens is 230 g/mol. The average Bonchev–Trinajstić information content (AvgIpc) is 2.77. The van der Waals surface area contributed by atoms with Crippen LogP contribution >= 0.6 is 11.3 Å². The van der Waals surface area contributed by atoms with Crippen LogP contribution in [0.15, 0.2) is 35.6 Å². The number of H-pyrrole nitrogens is 1. The van der Waals surface area contributed by atoms with E-state index in [0.717, 1.165) is 17.5 Å². The van der Waals surface area contributed by atoms with Gasteiger partial charge in [0, 0.05) is 24.0 Å². The molecule has 0 atom stereocenters. The number of pyridine rings is 1. The van der Waals surface area contributed by atoms with Crippen molar-refractivity contribution in [2.75, 3.05) is 0 Å². The van der Waals surface area contributed by atoms with Gasteiger partial charge in [-0.05, 0) is 24.1 Å². The number of allylic oxidation sites excluding steroid dienone is 1. The van der Waals surface area contributed by atoms with Crippen LogP contribution in [0.4, 0.5) is 0 Å². The first kappa shape index (κ1) is 9.13. The first-order valence-electron chi connectivity index (χ1n) is 5.50. The summed E-state index contributed by atoms with van der Waals surface area (Å²) in [5.74, 6) is 0. The van der Waals surface area contributed by atoms with Crippen LogP contribution in [0.5, 0.6) is 0 Å². The fourth-order valence-corrected chi connectivity index (χ4v) is 3.42. The van der Waals surface area contributed by atoms with Gasteiger partial charge in [0.05, 0.1) is 15.9 Å². The Hall–Kier alpha value is -1.94. The van der Waals surface area contributed by atoms with Crippen LogP contribution in [-0.4, -0.2) is 16.2 Å². The molecule has 0 aromatic carbocycles. The van der Waals surface area contributed by atoms with Crippen LogP contribution in [-0.2, 0) is 6.42 Å². The van der Waals surface area contributed by atoms with Crippen LogP contribution in [0.2, 0.25) is 0 Å². The zero-order valence-electron chi connectivity index (χ0n) is 8.97. The summed E-state index contributed by atoms with van der Waals surface area (Å²) < 4.78 is 0. The summed E-state index contributed by atoms with van der Waals surface area (Å²) in [5.41, 5.74) is 3.53. The van der Waals surface area contributed by atoms with E-state index in [1.807, 2.05) is 24.7 Å². The lowest BCUT2D eigenvalue weighted by Crippen LogP contribution is -1.84. The molecule has 3 nitrogen and oxygen atoms in total. The van der Waals surface area contributed by atoms with Gasteiger partial charge in [0.1, 0.15) is 4.83 Å². The summed E-state index contributed by atoms with van der Waals surface area (Å²) in [6.07, 6.45) is 8.67. The first-order valence-corrected chi connectivity index (χ1v) is 6.31. The van der Waals surface area contributed by atoms with Crippen molar-refractivity contribution in [3.63, 3.8) is 0 Å². The topological polar surface area (TPSA) is 41.0 Å². The van der Waals surface area contributed by atoms with Gasteiger partial charge in [-0.25, -0.2) is 0 Å². The minimum absolute atomic E-state index is 0.929. The molecule has 0 unspecified atom stereocenters. The molecule has 1 aliphatic rings. The van der Waals surface area contributed by atoms with Gasteiger partial charge in [-0.2, -0.15) is 0 Å². The molecule has 1 aliphatic heterocycles. The van der Waals surface area contributed by atoms with Crippen molar-refractivity contribution in [3.05, 3.63) is 41.0 Å². The maximum absolute atomic E-state index is 4.49. The van der Waals surface area contributed by atoms with E-state index >= 15 is 0 Å². The van der Waals surface area contributed by atoms with E-state index in [1.54, 1.807) is 11.3 Å². The maximum atomic E-state index is 4.49. The molecular formula is C13H9N3S. The monoisotopic (exact) mass is 239 g/mol. The van der Waals surface area contributed by atoms with Crippen molar-refractivity contribution in [3.8, 4) is 0 Å². The molecule has 0 saturated carbocycles. The largest absolute Gasteiger partial charge is 0.345 e. The van der Waals surface area contributed by atoms with Crippen molar-refractivity contribution in [1.82, 2.24) is 9.97 Å². The molecule has 3 aromatic rings. The molecule has 82 valence electrons. The highest BCUT2D eigenvalue weighted by Crippen LogP contribution is 2.35. The zero-order chi connectivity index (χ0) is 11.2. The highest BCUT2D eigenvalue weighted by Gasteiger charge is 2.16. The minimum atomic E-state index is 0.929. The summed E-state index contributed by atoms with van der Waals surface area (Å²) in [6.45, 7) is 0. The Labute approximate surface area is 102 Å². The van der Waals surface area contributed by atoms with E-state index in [-0.39, 0.29) is 0 Å². The van der Waals surface area contributed by atoms with E-state index in [2.05, 4.69) is 27.1 Å². The van der Waals surface area contributed by atoms with Gasteiger partial charge in [0.2, 0.25) is 0 Å². The Morgan fingerprint density at radius 1 is 1.35 bits per heavy atom. The van der Waals surface area contributed by atoms with Crippen LogP contribution < -0.4 is 0 Å². The normalized spacial score (nSPS) is 14.4. The molecule has 3 aromatic heterocycles. The third-order valence-corrected chi connectivity index (χ3v) is 4.12. The third kappa shape index (κ3) is 1.21. The Morgan fingerprint density at radius 3 is 3.35 bits per heavy atom. The SMILES string of the molecule is C1=CN=Cc2sc3[nH]c4cccnc4c3c2C1. The standard InChI is InChI=1S/C13H9N3S/c1-3-8-10(7-14-5-1)17-13-11(8)12-9(16-13)4-2-6-15-12/h1-2,4-7,16H,3H2. The van der Waals surface area contributed by atoms with Gasteiger partial charge in [-0.15, -0.1) is 11.3 Å². The molecule has 4 heteroatoms. The van der Waals surface area contributed by atoms with E-state index < -0.39 is 0 Å². The van der Waals surface area contributed by atoms with Crippen molar-refractivity contribution in [2.45, 2.75) is 6.42 Å². The van der Waals surface area contributed by atoms with Crippen molar-refractivity contribution in [1.29, 1.82) is 0 Å². The summed E-state index contributed by atoms with van der Waals surface area (Å²) in [7, 11) is 0. The second-order valence-corrected chi connectivity index (χ2v) is 5.09. The summed E-state index contributed by atoms with van der Waals surface area (Å²) in [4.78, 5) is 14.6. The third-order valence-electron chi connectivity index (χ3n) is 3.04. The molecule has 0 radical (unpaired) electrons. The first-order chi connectivity index (χ1) is 8.43. The summed E-state index contributed by atoms with van der Waals surface area (Å²) in [6, 6.07) is 4.03. The highest BCUT2D eigenvalue weighted by molar-refractivity contribution is 7.20. The number of hydrogen-bond donors (Lipinski definition) is 1. The fourth-order valence-electron chi connectivity index (χ4n) is 2.30. The van der Waals surface area contributed by atoms with Gasteiger partial charge >= 0.3 is 0 Å². The van der Waals surface area contributed by atoms with E-state index in [9.17, 15) is 0 Å². The summed E-state index contributed by atoms with van der Waals surface area (Å²) in [5, 5.41) is 1.26. The van der Waals surface area contributed by atoms with E-state index in [4.69, 9.17) is 0 Å². The number of nitrogens with one attached hydrogen (secondary N) is 1. The molecule has 0 aliphatic carbocycles. The predicted molar refractivity (Wildman–Crippen MR) is 71.9 cm³/mol. The summed E-state index contributed by atoms with van der Waals surface area (Å²) >= 11 is 1.75. The molecule has 0 saturated heterocycles. The Bertz CT molecular complexity index is 777. The van der Waals surface area contributed by atoms with Gasteiger partial charge in [-0.1, -0.05) is 6.08 Å². The number of hydrogen-bond acceptors (Lipinski definition) is 3. The van der Waals surface area contributed by atoms with Crippen molar-refractivity contribution in [2.24, 2.45) is 4.99 Å². The van der Waals surface area contributed by atoms with Gasteiger partial charge < -0.3 is 4.98 Å².